The third-order valence-electron chi connectivity index (χ3n) is 2.16. The Morgan fingerprint density at radius 2 is 2.21 bits per heavy atom. The van der Waals surface area contributed by atoms with Gasteiger partial charge in [-0.15, -0.1) is 0 Å². The van der Waals surface area contributed by atoms with Gasteiger partial charge >= 0.3 is 6.03 Å². The zero-order valence-electron chi connectivity index (χ0n) is 10.3. The van der Waals surface area contributed by atoms with E-state index in [1.807, 2.05) is 0 Å². The molecule has 0 aliphatic heterocycles. The van der Waals surface area contributed by atoms with Crippen LogP contribution in [0.3, 0.4) is 0 Å². The average Bonchev–Trinajstić information content (AvgIpc) is 2.37. The second kappa shape index (κ2) is 9.01. The summed E-state index contributed by atoms with van der Waals surface area (Å²) in [5, 5.41) is 14.0. The highest BCUT2D eigenvalue weighted by Crippen LogP contribution is 2.22. The lowest BCUT2D eigenvalue weighted by molar-refractivity contribution is 0.252. The first-order valence-corrected chi connectivity index (χ1v) is 7.35. The average molecular weight is 307 g/mol. The number of thioether (sulfide) groups is 1. The Morgan fingerprint density at radius 1 is 1.42 bits per heavy atom. The Bertz CT molecular complexity index is 421. The number of urea groups is 1. The van der Waals surface area contributed by atoms with Crippen LogP contribution >= 0.6 is 23.4 Å². The molecular formula is C12H16ClFN2O2S. The van der Waals surface area contributed by atoms with E-state index in [2.05, 4.69) is 10.6 Å². The molecule has 0 fully saturated rings. The molecule has 7 heteroatoms. The van der Waals surface area contributed by atoms with Crippen LogP contribution in [-0.4, -0.2) is 35.8 Å². The summed E-state index contributed by atoms with van der Waals surface area (Å²) in [6.07, 6.45) is 0.752. The monoisotopic (exact) mass is 306 g/mol. The van der Waals surface area contributed by atoms with E-state index >= 15 is 0 Å². The fourth-order valence-electron chi connectivity index (χ4n) is 1.26. The second-order valence-electron chi connectivity index (χ2n) is 3.69. The van der Waals surface area contributed by atoms with Crippen molar-refractivity contribution < 1.29 is 14.3 Å². The smallest absolute Gasteiger partial charge is 0.319 e. The summed E-state index contributed by atoms with van der Waals surface area (Å²) in [5.41, 5.74) is 0.369. The molecule has 0 heterocycles. The van der Waals surface area contributed by atoms with E-state index in [0.29, 0.717) is 12.2 Å². The van der Waals surface area contributed by atoms with Gasteiger partial charge in [0, 0.05) is 18.9 Å². The van der Waals surface area contributed by atoms with Gasteiger partial charge < -0.3 is 15.7 Å². The number of halogens is 2. The van der Waals surface area contributed by atoms with E-state index in [4.69, 9.17) is 16.7 Å². The van der Waals surface area contributed by atoms with Gasteiger partial charge in [-0.3, -0.25) is 0 Å². The Hall–Kier alpha value is -0.980. The number of hydrogen-bond donors (Lipinski definition) is 3. The Morgan fingerprint density at radius 3 is 2.89 bits per heavy atom. The SMILES string of the molecule is O=C(NCCSCCCO)Nc1ccc(F)cc1Cl. The van der Waals surface area contributed by atoms with Crippen molar-refractivity contribution in [2.24, 2.45) is 0 Å². The molecule has 19 heavy (non-hydrogen) atoms. The van der Waals surface area contributed by atoms with E-state index in [9.17, 15) is 9.18 Å². The Labute approximate surface area is 120 Å². The Balaban J connectivity index is 2.23. The molecular weight excluding hydrogens is 291 g/mol. The maximum absolute atomic E-state index is 12.8. The minimum Gasteiger partial charge on any atom is -0.396 e. The van der Waals surface area contributed by atoms with Crippen LogP contribution in [-0.2, 0) is 0 Å². The van der Waals surface area contributed by atoms with E-state index in [-0.39, 0.29) is 17.7 Å². The van der Waals surface area contributed by atoms with Crippen LogP contribution in [0, 0.1) is 5.82 Å². The van der Waals surface area contributed by atoms with Crippen LogP contribution in [0.15, 0.2) is 18.2 Å². The summed E-state index contributed by atoms with van der Waals surface area (Å²) in [4.78, 5) is 11.5. The van der Waals surface area contributed by atoms with Gasteiger partial charge in [0.15, 0.2) is 0 Å². The lowest BCUT2D eigenvalue weighted by atomic mass is 10.3. The molecule has 1 aromatic rings. The number of aliphatic hydroxyl groups is 1. The highest BCUT2D eigenvalue weighted by atomic mass is 35.5. The van der Waals surface area contributed by atoms with Gasteiger partial charge in [-0.25, -0.2) is 9.18 Å². The quantitative estimate of drug-likeness (QED) is 0.679. The van der Waals surface area contributed by atoms with Crippen LogP contribution in [0.25, 0.3) is 0 Å². The number of nitrogens with one attached hydrogen (secondary N) is 2. The minimum absolute atomic E-state index is 0.160. The van der Waals surface area contributed by atoms with Gasteiger partial charge in [0.05, 0.1) is 10.7 Å². The van der Waals surface area contributed by atoms with Crippen molar-refractivity contribution in [3.63, 3.8) is 0 Å². The summed E-state index contributed by atoms with van der Waals surface area (Å²) >= 11 is 7.43. The van der Waals surface area contributed by atoms with Crippen LogP contribution in [0.1, 0.15) is 6.42 Å². The van der Waals surface area contributed by atoms with Gasteiger partial charge in [0.2, 0.25) is 0 Å². The van der Waals surface area contributed by atoms with Crippen LogP contribution in [0.4, 0.5) is 14.9 Å². The van der Waals surface area contributed by atoms with Gasteiger partial charge in [0.25, 0.3) is 0 Å². The maximum Gasteiger partial charge on any atom is 0.319 e. The normalized spacial score (nSPS) is 10.3. The highest BCUT2D eigenvalue weighted by Gasteiger charge is 2.05. The highest BCUT2D eigenvalue weighted by molar-refractivity contribution is 7.99. The van der Waals surface area contributed by atoms with Gasteiger partial charge in [-0.2, -0.15) is 11.8 Å². The lowest BCUT2D eigenvalue weighted by Gasteiger charge is -2.08. The first-order chi connectivity index (χ1) is 9.13. The number of rotatable bonds is 7. The molecule has 0 saturated carbocycles. The predicted octanol–water partition coefficient (Wildman–Crippen LogP) is 2.72. The van der Waals surface area contributed by atoms with Crippen molar-refractivity contribution >= 4 is 35.1 Å². The third kappa shape index (κ3) is 6.66. The van der Waals surface area contributed by atoms with Crippen LogP contribution < -0.4 is 10.6 Å². The molecule has 2 amide bonds. The first kappa shape index (κ1) is 16.1. The summed E-state index contributed by atoms with van der Waals surface area (Å²) in [5.74, 6) is 1.19. The van der Waals surface area contributed by atoms with Crippen molar-refractivity contribution in [3.05, 3.63) is 29.0 Å². The largest absolute Gasteiger partial charge is 0.396 e. The van der Waals surface area contributed by atoms with Crippen molar-refractivity contribution in [1.29, 1.82) is 0 Å². The summed E-state index contributed by atoms with van der Waals surface area (Å²) < 4.78 is 12.8. The minimum atomic E-state index is -0.448. The Kier molecular flexibility index (Phi) is 7.62. The zero-order chi connectivity index (χ0) is 14.1. The molecule has 0 spiro atoms. The molecule has 0 saturated heterocycles. The van der Waals surface area contributed by atoms with Crippen molar-refractivity contribution in [1.82, 2.24) is 5.32 Å². The first-order valence-electron chi connectivity index (χ1n) is 5.82. The summed E-state index contributed by atoms with van der Waals surface area (Å²) in [6, 6.07) is 3.40. The fraction of sp³-hybridized carbons (Fsp3) is 0.417. The number of carbonyl (C=O) groups excluding carboxylic acids is 1. The number of aliphatic hydroxyl groups excluding tert-OH is 1. The third-order valence-corrected chi connectivity index (χ3v) is 3.54. The lowest BCUT2D eigenvalue weighted by Crippen LogP contribution is -2.30. The fourth-order valence-corrected chi connectivity index (χ4v) is 2.26. The molecule has 3 N–H and O–H groups in total. The zero-order valence-corrected chi connectivity index (χ0v) is 11.9. The van der Waals surface area contributed by atoms with Crippen molar-refractivity contribution in [2.45, 2.75) is 6.42 Å². The van der Waals surface area contributed by atoms with Gasteiger partial charge in [-0.05, 0) is 30.4 Å². The molecule has 1 rings (SSSR count). The van der Waals surface area contributed by atoms with Crippen LogP contribution in [0.5, 0.6) is 0 Å². The van der Waals surface area contributed by atoms with Crippen LogP contribution in [0.2, 0.25) is 5.02 Å². The van der Waals surface area contributed by atoms with E-state index < -0.39 is 5.82 Å². The van der Waals surface area contributed by atoms with E-state index in [1.54, 1.807) is 11.8 Å². The molecule has 0 aliphatic carbocycles. The second-order valence-corrected chi connectivity index (χ2v) is 5.33. The maximum atomic E-state index is 12.8. The summed E-state index contributed by atoms with van der Waals surface area (Å²) in [7, 11) is 0. The number of anilines is 1. The van der Waals surface area contributed by atoms with Crippen molar-refractivity contribution in [2.75, 3.05) is 30.0 Å². The predicted molar refractivity (Wildman–Crippen MR) is 77.5 cm³/mol. The van der Waals surface area contributed by atoms with E-state index in [0.717, 1.165) is 24.0 Å². The number of carbonyl (C=O) groups is 1. The molecule has 4 nitrogen and oxygen atoms in total. The number of hydrogen-bond acceptors (Lipinski definition) is 3. The van der Waals surface area contributed by atoms with Gasteiger partial charge in [0.1, 0.15) is 5.82 Å². The van der Waals surface area contributed by atoms with Crippen molar-refractivity contribution in [3.8, 4) is 0 Å². The topological polar surface area (TPSA) is 61.4 Å². The van der Waals surface area contributed by atoms with E-state index in [1.165, 1.54) is 12.1 Å². The standard InChI is InChI=1S/C12H16ClFN2O2S/c13-10-8-9(14)2-3-11(10)16-12(18)15-4-7-19-6-1-5-17/h2-3,8,17H,1,4-7H2,(H2,15,16,18). The molecule has 0 unspecified atom stereocenters. The molecule has 0 atom stereocenters. The number of amides is 2. The molecule has 1 aromatic carbocycles. The number of benzene rings is 1. The van der Waals surface area contributed by atoms with Gasteiger partial charge in [-0.1, -0.05) is 11.6 Å². The molecule has 0 radical (unpaired) electrons. The molecule has 106 valence electrons. The molecule has 0 aromatic heterocycles. The summed E-state index contributed by atoms with van der Waals surface area (Å²) in [6.45, 7) is 0.699. The molecule has 0 bridgehead atoms. The molecule has 0 aliphatic rings.